The van der Waals surface area contributed by atoms with Crippen molar-refractivity contribution < 1.29 is 0 Å². The topological polar surface area (TPSA) is 51.8 Å². The Morgan fingerprint density at radius 1 is 1.47 bits per heavy atom. The summed E-state index contributed by atoms with van der Waals surface area (Å²) in [6.07, 6.45) is 1.77. The van der Waals surface area contributed by atoms with E-state index in [0.717, 1.165) is 38.5 Å². The van der Waals surface area contributed by atoms with Crippen LogP contribution in [0.4, 0.5) is 0 Å². The van der Waals surface area contributed by atoms with E-state index in [2.05, 4.69) is 22.3 Å². The molecule has 0 saturated carbocycles. The molecular formula is C13H16ClN3S2. The third-order valence-corrected chi connectivity index (χ3v) is 4.93. The molecule has 19 heavy (non-hydrogen) atoms. The van der Waals surface area contributed by atoms with Crippen LogP contribution in [0.1, 0.15) is 24.7 Å². The minimum absolute atomic E-state index is 0.168. The number of halogens is 1. The summed E-state index contributed by atoms with van der Waals surface area (Å²) in [7, 11) is 0. The molecule has 2 N–H and O–H groups in total. The van der Waals surface area contributed by atoms with Crippen molar-refractivity contribution in [3.8, 4) is 0 Å². The van der Waals surface area contributed by atoms with Crippen LogP contribution in [0.5, 0.6) is 0 Å². The van der Waals surface area contributed by atoms with Crippen LogP contribution in [0, 0.1) is 6.92 Å². The van der Waals surface area contributed by atoms with Crippen LogP contribution in [0.2, 0.25) is 5.02 Å². The summed E-state index contributed by atoms with van der Waals surface area (Å²) in [6.45, 7) is 3.98. The third-order valence-electron chi connectivity index (χ3n) is 2.75. The number of hydrogen-bond acceptors (Lipinski definition) is 5. The fraction of sp³-hybridized carbons (Fsp3) is 0.385. The summed E-state index contributed by atoms with van der Waals surface area (Å²) >= 11 is 9.29. The van der Waals surface area contributed by atoms with E-state index in [4.69, 9.17) is 17.3 Å². The van der Waals surface area contributed by atoms with Crippen molar-refractivity contribution in [2.45, 2.75) is 42.0 Å². The summed E-state index contributed by atoms with van der Waals surface area (Å²) in [4.78, 5) is 5.41. The fourth-order valence-corrected chi connectivity index (χ4v) is 3.59. The number of rotatable bonds is 5. The van der Waals surface area contributed by atoms with Gasteiger partial charge in [0.15, 0.2) is 4.34 Å². The van der Waals surface area contributed by atoms with E-state index in [1.165, 1.54) is 11.5 Å². The molecule has 0 radical (unpaired) electrons. The molecule has 1 atom stereocenters. The van der Waals surface area contributed by atoms with Gasteiger partial charge in [0.05, 0.1) is 0 Å². The summed E-state index contributed by atoms with van der Waals surface area (Å²) in [6, 6.07) is 6.25. The Kier molecular flexibility index (Phi) is 5.21. The van der Waals surface area contributed by atoms with E-state index in [1.54, 1.807) is 11.8 Å². The Hall–Kier alpha value is -0.620. The molecule has 6 heteroatoms. The van der Waals surface area contributed by atoms with Gasteiger partial charge in [0.2, 0.25) is 0 Å². The fourth-order valence-electron chi connectivity index (χ4n) is 1.60. The zero-order valence-electron chi connectivity index (χ0n) is 10.9. The number of benzene rings is 1. The average molecular weight is 314 g/mol. The van der Waals surface area contributed by atoms with E-state index in [-0.39, 0.29) is 6.04 Å². The summed E-state index contributed by atoms with van der Waals surface area (Å²) < 4.78 is 5.10. The largest absolute Gasteiger partial charge is 0.327 e. The van der Waals surface area contributed by atoms with Gasteiger partial charge in [0.25, 0.3) is 0 Å². The molecule has 0 spiro atoms. The molecule has 0 bridgehead atoms. The van der Waals surface area contributed by atoms with Gasteiger partial charge < -0.3 is 5.73 Å². The zero-order valence-corrected chi connectivity index (χ0v) is 13.3. The summed E-state index contributed by atoms with van der Waals surface area (Å²) in [5.41, 5.74) is 7.06. The average Bonchev–Trinajstić information content (AvgIpc) is 2.78. The SMILES string of the molecule is CCC(N)Cc1ccc(Sc2nc(C)ns2)cc1Cl. The van der Waals surface area contributed by atoms with Crippen LogP contribution >= 0.6 is 34.9 Å². The lowest BCUT2D eigenvalue weighted by Crippen LogP contribution is -2.21. The Labute approximate surface area is 126 Å². The minimum atomic E-state index is 0.168. The summed E-state index contributed by atoms with van der Waals surface area (Å²) in [5, 5.41) is 0.773. The van der Waals surface area contributed by atoms with Gasteiger partial charge in [0, 0.05) is 16.0 Å². The molecule has 1 heterocycles. The van der Waals surface area contributed by atoms with Crippen LogP contribution in [0.15, 0.2) is 27.4 Å². The van der Waals surface area contributed by atoms with Gasteiger partial charge in [-0.2, -0.15) is 4.37 Å². The number of nitrogens with two attached hydrogens (primary N) is 1. The van der Waals surface area contributed by atoms with Gasteiger partial charge in [0.1, 0.15) is 5.82 Å². The van der Waals surface area contributed by atoms with Crippen molar-refractivity contribution >= 4 is 34.9 Å². The number of aromatic nitrogens is 2. The Bertz CT molecular complexity index is 557. The lowest BCUT2D eigenvalue weighted by Gasteiger charge is -2.10. The standard InChI is InChI=1S/C13H16ClN3S2/c1-3-10(15)6-9-4-5-11(7-12(9)14)18-13-16-8(2)17-19-13/h4-5,7,10H,3,6,15H2,1-2H3. The highest BCUT2D eigenvalue weighted by Crippen LogP contribution is 2.32. The lowest BCUT2D eigenvalue weighted by atomic mass is 10.1. The maximum Gasteiger partial charge on any atom is 0.174 e. The van der Waals surface area contributed by atoms with Crippen LogP contribution in [-0.2, 0) is 6.42 Å². The first-order valence-electron chi connectivity index (χ1n) is 6.10. The predicted octanol–water partition coefficient (Wildman–Crippen LogP) is 3.93. The molecule has 0 amide bonds. The second kappa shape index (κ2) is 6.70. The van der Waals surface area contributed by atoms with E-state index < -0.39 is 0 Å². The van der Waals surface area contributed by atoms with E-state index in [1.807, 2.05) is 19.1 Å². The third kappa shape index (κ3) is 4.18. The van der Waals surface area contributed by atoms with Crippen LogP contribution < -0.4 is 5.73 Å². The zero-order chi connectivity index (χ0) is 13.8. The molecule has 102 valence electrons. The molecule has 1 aromatic carbocycles. The molecule has 0 aliphatic heterocycles. The molecule has 2 rings (SSSR count). The normalized spacial score (nSPS) is 12.6. The van der Waals surface area contributed by atoms with Crippen molar-refractivity contribution in [1.29, 1.82) is 0 Å². The van der Waals surface area contributed by atoms with Gasteiger partial charge in [-0.15, -0.1) is 0 Å². The summed E-state index contributed by atoms with van der Waals surface area (Å²) in [5.74, 6) is 0.809. The van der Waals surface area contributed by atoms with Gasteiger partial charge in [-0.05, 0) is 49.0 Å². The van der Waals surface area contributed by atoms with E-state index >= 15 is 0 Å². The van der Waals surface area contributed by atoms with E-state index in [9.17, 15) is 0 Å². The van der Waals surface area contributed by atoms with Crippen molar-refractivity contribution in [3.63, 3.8) is 0 Å². The Balaban J connectivity index is 2.10. The highest BCUT2D eigenvalue weighted by molar-refractivity contribution is 8.01. The Morgan fingerprint density at radius 3 is 2.84 bits per heavy atom. The second-order valence-electron chi connectivity index (χ2n) is 4.34. The highest BCUT2D eigenvalue weighted by atomic mass is 35.5. The minimum Gasteiger partial charge on any atom is -0.327 e. The van der Waals surface area contributed by atoms with Crippen molar-refractivity contribution in [2.75, 3.05) is 0 Å². The van der Waals surface area contributed by atoms with Crippen LogP contribution in [0.3, 0.4) is 0 Å². The lowest BCUT2D eigenvalue weighted by molar-refractivity contribution is 0.646. The van der Waals surface area contributed by atoms with Gasteiger partial charge in [-0.3, -0.25) is 0 Å². The monoisotopic (exact) mass is 313 g/mol. The van der Waals surface area contributed by atoms with Gasteiger partial charge in [-0.1, -0.05) is 36.4 Å². The van der Waals surface area contributed by atoms with Crippen molar-refractivity contribution in [3.05, 3.63) is 34.6 Å². The van der Waals surface area contributed by atoms with Gasteiger partial charge in [-0.25, -0.2) is 4.98 Å². The molecule has 1 unspecified atom stereocenters. The van der Waals surface area contributed by atoms with E-state index in [0.29, 0.717) is 0 Å². The molecule has 3 nitrogen and oxygen atoms in total. The maximum absolute atomic E-state index is 6.30. The molecule has 0 aliphatic rings. The number of nitrogens with zero attached hydrogens (tertiary/aromatic N) is 2. The molecule has 0 saturated heterocycles. The van der Waals surface area contributed by atoms with Crippen LogP contribution in [-0.4, -0.2) is 15.4 Å². The predicted molar refractivity (Wildman–Crippen MR) is 82.2 cm³/mol. The smallest absolute Gasteiger partial charge is 0.174 e. The first-order valence-corrected chi connectivity index (χ1v) is 8.07. The van der Waals surface area contributed by atoms with Crippen molar-refractivity contribution in [1.82, 2.24) is 9.36 Å². The van der Waals surface area contributed by atoms with Crippen molar-refractivity contribution in [2.24, 2.45) is 5.73 Å². The number of hydrogen-bond donors (Lipinski definition) is 1. The quantitative estimate of drug-likeness (QED) is 0.908. The molecule has 1 aromatic heterocycles. The second-order valence-corrected chi connectivity index (χ2v) is 6.81. The van der Waals surface area contributed by atoms with Gasteiger partial charge >= 0.3 is 0 Å². The Morgan fingerprint density at radius 2 is 2.26 bits per heavy atom. The maximum atomic E-state index is 6.30. The molecule has 0 aliphatic carbocycles. The molecule has 2 aromatic rings. The molecule has 0 fully saturated rings. The first kappa shape index (κ1) is 14.8. The van der Waals surface area contributed by atoms with Crippen LogP contribution in [0.25, 0.3) is 0 Å². The molecular weight excluding hydrogens is 298 g/mol. The number of aryl methyl sites for hydroxylation is 1. The first-order chi connectivity index (χ1) is 9.08. The highest BCUT2D eigenvalue weighted by Gasteiger charge is 2.08.